The number of nitrogens with two attached hydrogens (primary N) is 1. The highest BCUT2D eigenvalue weighted by atomic mass is 16.5. The molecule has 3 rings (SSSR count). The lowest BCUT2D eigenvalue weighted by Crippen LogP contribution is -2.43. The molecule has 0 bridgehead atoms. The van der Waals surface area contributed by atoms with Crippen LogP contribution in [0.4, 0.5) is 5.82 Å². The normalized spacial score (nSPS) is 25.8. The minimum Gasteiger partial charge on any atom is -0.383 e. The number of nitrogen functional groups attached to an aromatic ring is 1. The Morgan fingerprint density at radius 2 is 2.20 bits per heavy atom. The van der Waals surface area contributed by atoms with E-state index in [2.05, 4.69) is 5.10 Å². The molecule has 0 amide bonds. The van der Waals surface area contributed by atoms with Gasteiger partial charge in [-0.25, -0.2) is 0 Å². The van der Waals surface area contributed by atoms with Gasteiger partial charge >= 0.3 is 0 Å². The van der Waals surface area contributed by atoms with Crippen molar-refractivity contribution in [2.45, 2.75) is 50.5 Å². The lowest BCUT2D eigenvalue weighted by molar-refractivity contribution is -0.111. The Bertz CT molecular complexity index is 498. The summed E-state index contributed by atoms with van der Waals surface area (Å²) in [6, 6.07) is 0. The third-order valence-electron chi connectivity index (χ3n) is 4.88. The second-order valence-electron chi connectivity index (χ2n) is 6.21. The van der Waals surface area contributed by atoms with Crippen molar-refractivity contribution in [3.8, 4) is 0 Å². The maximum Gasteiger partial charge on any atom is 0.171 e. The Morgan fingerprint density at radius 3 is 2.85 bits per heavy atom. The van der Waals surface area contributed by atoms with Gasteiger partial charge in [0, 0.05) is 19.6 Å². The van der Waals surface area contributed by atoms with Crippen molar-refractivity contribution in [1.29, 1.82) is 0 Å². The lowest BCUT2D eigenvalue weighted by atomic mass is 9.74. The van der Waals surface area contributed by atoms with Gasteiger partial charge in [-0.2, -0.15) is 5.10 Å². The van der Waals surface area contributed by atoms with Crippen LogP contribution in [-0.2, 0) is 11.8 Å². The van der Waals surface area contributed by atoms with E-state index in [9.17, 15) is 4.79 Å². The van der Waals surface area contributed by atoms with Crippen LogP contribution in [-0.4, -0.2) is 27.8 Å². The highest BCUT2D eigenvalue weighted by Gasteiger charge is 2.41. The molecule has 2 aliphatic rings. The van der Waals surface area contributed by atoms with Crippen LogP contribution in [0.15, 0.2) is 6.20 Å². The number of hydrogen-bond donors (Lipinski definition) is 1. The highest BCUT2D eigenvalue weighted by Crippen LogP contribution is 2.41. The van der Waals surface area contributed by atoms with Crippen LogP contribution in [0.2, 0.25) is 0 Å². The zero-order valence-electron chi connectivity index (χ0n) is 12.1. The van der Waals surface area contributed by atoms with E-state index in [4.69, 9.17) is 10.5 Å². The molecule has 1 unspecified atom stereocenters. The Labute approximate surface area is 119 Å². The number of aromatic nitrogens is 2. The number of carbonyl (C=O) groups excluding carboxylic acids is 1. The summed E-state index contributed by atoms with van der Waals surface area (Å²) in [7, 11) is 1.76. The average molecular weight is 277 g/mol. The van der Waals surface area contributed by atoms with Gasteiger partial charge in [-0.3, -0.25) is 9.48 Å². The van der Waals surface area contributed by atoms with Crippen LogP contribution in [0.25, 0.3) is 0 Å². The molecule has 1 aromatic rings. The third-order valence-corrected chi connectivity index (χ3v) is 4.88. The second kappa shape index (κ2) is 5.20. The number of ketones is 1. The topological polar surface area (TPSA) is 70.1 Å². The van der Waals surface area contributed by atoms with E-state index in [1.54, 1.807) is 17.9 Å². The number of aryl methyl sites for hydroxylation is 1. The first-order chi connectivity index (χ1) is 9.61. The fraction of sp³-hybridized carbons (Fsp3) is 0.733. The SMILES string of the molecule is Cn1ncc(C(=O)C2CCOC3(CCCCC3)C2)c1N. The smallest absolute Gasteiger partial charge is 0.171 e. The fourth-order valence-electron chi connectivity index (χ4n) is 3.65. The van der Waals surface area contributed by atoms with Gasteiger partial charge in [0.25, 0.3) is 0 Å². The molecule has 2 heterocycles. The zero-order chi connectivity index (χ0) is 14.2. The standard InChI is InChI=1S/C15H23N3O2/c1-18-14(16)12(10-17-18)13(19)11-5-8-20-15(9-11)6-3-2-4-7-15/h10-11H,2-9,16H2,1H3. The molecular formula is C15H23N3O2. The molecule has 2 fully saturated rings. The van der Waals surface area contributed by atoms with Crippen molar-refractivity contribution in [3.05, 3.63) is 11.8 Å². The molecule has 2 N–H and O–H groups in total. The first kappa shape index (κ1) is 13.6. The van der Waals surface area contributed by atoms with Crippen molar-refractivity contribution in [3.63, 3.8) is 0 Å². The van der Waals surface area contributed by atoms with Crippen LogP contribution in [0, 0.1) is 5.92 Å². The number of rotatable bonds is 2. The van der Waals surface area contributed by atoms with Crippen molar-refractivity contribution in [2.75, 3.05) is 12.3 Å². The minimum atomic E-state index is -0.0478. The van der Waals surface area contributed by atoms with E-state index >= 15 is 0 Å². The summed E-state index contributed by atoms with van der Waals surface area (Å²) in [5.41, 5.74) is 6.46. The van der Waals surface area contributed by atoms with Crippen LogP contribution in [0.3, 0.4) is 0 Å². The summed E-state index contributed by atoms with van der Waals surface area (Å²) < 4.78 is 7.61. The monoisotopic (exact) mass is 277 g/mol. The predicted molar refractivity (Wildman–Crippen MR) is 76.4 cm³/mol. The summed E-state index contributed by atoms with van der Waals surface area (Å²) in [4.78, 5) is 12.7. The number of carbonyl (C=O) groups is 1. The summed E-state index contributed by atoms with van der Waals surface area (Å²) >= 11 is 0. The van der Waals surface area contributed by atoms with E-state index in [1.165, 1.54) is 19.3 Å². The minimum absolute atomic E-state index is 0.0355. The molecule has 1 aromatic heterocycles. The fourth-order valence-corrected chi connectivity index (χ4v) is 3.65. The molecule has 1 saturated heterocycles. The summed E-state index contributed by atoms with van der Waals surface area (Å²) in [6.07, 6.45) is 9.17. The molecule has 0 aromatic carbocycles. The maximum absolute atomic E-state index is 12.7. The predicted octanol–water partition coefficient (Wildman–Crippen LogP) is 2.31. The van der Waals surface area contributed by atoms with Crippen molar-refractivity contribution in [2.24, 2.45) is 13.0 Å². The molecule has 0 radical (unpaired) electrons. The van der Waals surface area contributed by atoms with E-state index in [-0.39, 0.29) is 17.3 Å². The average Bonchev–Trinajstić information content (AvgIpc) is 2.79. The Hall–Kier alpha value is -1.36. The van der Waals surface area contributed by atoms with Crippen LogP contribution in [0.1, 0.15) is 55.3 Å². The molecule has 1 spiro atoms. The zero-order valence-corrected chi connectivity index (χ0v) is 12.1. The molecule has 1 aliphatic carbocycles. The first-order valence-corrected chi connectivity index (χ1v) is 7.57. The van der Waals surface area contributed by atoms with Gasteiger partial charge in [0.1, 0.15) is 5.82 Å². The third kappa shape index (κ3) is 2.35. The van der Waals surface area contributed by atoms with E-state index < -0.39 is 0 Å². The number of Topliss-reactive ketones (excluding diaryl/α,β-unsaturated/α-hetero) is 1. The number of anilines is 1. The number of ether oxygens (including phenoxy) is 1. The van der Waals surface area contributed by atoms with Crippen molar-refractivity contribution >= 4 is 11.6 Å². The quantitative estimate of drug-likeness (QED) is 0.842. The van der Waals surface area contributed by atoms with Gasteiger partial charge in [0.05, 0.1) is 17.4 Å². The summed E-state index contributed by atoms with van der Waals surface area (Å²) in [5, 5.41) is 4.08. The molecule has 5 nitrogen and oxygen atoms in total. The second-order valence-corrected chi connectivity index (χ2v) is 6.21. The molecule has 5 heteroatoms. The van der Waals surface area contributed by atoms with Gasteiger partial charge in [-0.15, -0.1) is 0 Å². The van der Waals surface area contributed by atoms with E-state index in [0.29, 0.717) is 18.0 Å². The lowest BCUT2D eigenvalue weighted by Gasteiger charge is -2.43. The summed E-state index contributed by atoms with van der Waals surface area (Å²) in [6.45, 7) is 0.691. The van der Waals surface area contributed by atoms with E-state index in [1.807, 2.05) is 0 Å². The summed E-state index contributed by atoms with van der Waals surface area (Å²) in [5.74, 6) is 0.649. The van der Waals surface area contributed by atoms with Gasteiger partial charge in [0.2, 0.25) is 0 Å². The van der Waals surface area contributed by atoms with Crippen LogP contribution >= 0.6 is 0 Å². The highest BCUT2D eigenvalue weighted by molar-refractivity contribution is 6.01. The van der Waals surface area contributed by atoms with Crippen molar-refractivity contribution < 1.29 is 9.53 Å². The molecule has 1 saturated carbocycles. The molecule has 1 aliphatic heterocycles. The number of nitrogens with zero attached hydrogens (tertiary/aromatic N) is 2. The maximum atomic E-state index is 12.7. The Balaban J connectivity index is 1.76. The molecule has 20 heavy (non-hydrogen) atoms. The Kier molecular flexibility index (Phi) is 3.54. The van der Waals surface area contributed by atoms with Gasteiger partial charge < -0.3 is 10.5 Å². The first-order valence-electron chi connectivity index (χ1n) is 7.57. The molecule has 110 valence electrons. The largest absolute Gasteiger partial charge is 0.383 e. The molecular weight excluding hydrogens is 254 g/mol. The van der Waals surface area contributed by atoms with Gasteiger partial charge in [0.15, 0.2) is 5.78 Å². The van der Waals surface area contributed by atoms with Gasteiger partial charge in [-0.1, -0.05) is 19.3 Å². The van der Waals surface area contributed by atoms with E-state index in [0.717, 1.165) is 25.7 Å². The van der Waals surface area contributed by atoms with Crippen LogP contribution in [0.5, 0.6) is 0 Å². The van der Waals surface area contributed by atoms with Gasteiger partial charge in [-0.05, 0) is 25.7 Å². The Morgan fingerprint density at radius 1 is 1.45 bits per heavy atom. The van der Waals surface area contributed by atoms with Crippen LogP contribution < -0.4 is 5.73 Å². The molecule has 1 atom stereocenters. The number of hydrogen-bond acceptors (Lipinski definition) is 4. The van der Waals surface area contributed by atoms with Crippen molar-refractivity contribution in [1.82, 2.24) is 9.78 Å².